The minimum absolute atomic E-state index is 0.0682. The molecule has 2 saturated heterocycles. The van der Waals surface area contributed by atoms with E-state index in [-0.39, 0.29) is 24.3 Å². The van der Waals surface area contributed by atoms with E-state index in [0.717, 1.165) is 0 Å². The Hall–Kier alpha value is -2.31. The van der Waals surface area contributed by atoms with Crippen LogP contribution in [0.4, 0.5) is 0 Å². The van der Waals surface area contributed by atoms with E-state index in [4.69, 9.17) is 9.52 Å². The molecule has 3 atom stereocenters. The van der Waals surface area contributed by atoms with Crippen LogP contribution < -0.4 is 0 Å². The van der Waals surface area contributed by atoms with Crippen molar-refractivity contribution >= 4 is 17.8 Å². The first kappa shape index (κ1) is 15.6. The maximum atomic E-state index is 12.7. The molecular weight excluding hydrogens is 300 g/mol. The van der Waals surface area contributed by atoms with Crippen molar-refractivity contribution in [1.29, 1.82) is 0 Å². The molecule has 1 aromatic heterocycles. The fourth-order valence-electron chi connectivity index (χ4n) is 3.50. The normalized spacial score (nSPS) is 27.7. The zero-order chi connectivity index (χ0) is 16.6. The van der Waals surface area contributed by atoms with E-state index in [2.05, 4.69) is 0 Å². The summed E-state index contributed by atoms with van der Waals surface area (Å²) in [4.78, 5) is 39.2. The van der Waals surface area contributed by atoms with Crippen LogP contribution in [0.1, 0.15) is 25.5 Å². The molecule has 124 valence electrons. The van der Waals surface area contributed by atoms with Gasteiger partial charge in [0.2, 0.25) is 11.8 Å². The van der Waals surface area contributed by atoms with Crippen molar-refractivity contribution in [2.24, 2.45) is 11.8 Å². The van der Waals surface area contributed by atoms with Crippen LogP contribution in [-0.4, -0.2) is 51.8 Å². The van der Waals surface area contributed by atoms with Crippen LogP contribution in [0.25, 0.3) is 0 Å². The summed E-state index contributed by atoms with van der Waals surface area (Å²) in [7, 11) is 0. The van der Waals surface area contributed by atoms with Crippen LogP contribution in [0.15, 0.2) is 22.8 Å². The molecule has 3 rings (SSSR count). The second kappa shape index (κ2) is 6.06. The van der Waals surface area contributed by atoms with Gasteiger partial charge in [0.05, 0.1) is 24.6 Å². The van der Waals surface area contributed by atoms with Gasteiger partial charge in [-0.1, -0.05) is 0 Å². The zero-order valence-corrected chi connectivity index (χ0v) is 13.0. The van der Waals surface area contributed by atoms with Crippen LogP contribution in [-0.2, 0) is 20.9 Å². The van der Waals surface area contributed by atoms with Crippen molar-refractivity contribution < 1.29 is 23.9 Å². The van der Waals surface area contributed by atoms with Gasteiger partial charge in [-0.25, -0.2) is 0 Å². The van der Waals surface area contributed by atoms with Gasteiger partial charge in [0.25, 0.3) is 0 Å². The van der Waals surface area contributed by atoms with Crippen LogP contribution in [0.5, 0.6) is 0 Å². The molecule has 7 heteroatoms. The summed E-state index contributed by atoms with van der Waals surface area (Å²) in [6, 6.07) is 3.23. The highest BCUT2D eigenvalue weighted by Gasteiger charge is 2.43. The van der Waals surface area contributed by atoms with Gasteiger partial charge in [-0.05, 0) is 25.5 Å². The number of furan rings is 1. The maximum absolute atomic E-state index is 12.7. The molecule has 23 heavy (non-hydrogen) atoms. The molecule has 0 bridgehead atoms. The number of likely N-dealkylation sites (tertiary alicyclic amines) is 2. The number of hydrogen-bond acceptors (Lipinski definition) is 4. The van der Waals surface area contributed by atoms with E-state index >= 15 is 0 Å². The van der Waals surface area contributed by atoms with Gasteiger partial charge in [-0.15, -0.1) is 0 Å². The first-order chi connectivity index (χ1) is 11.0. The predicted molar refractivity (Wildman–Crippen MR) is 79.1 cm³/mol. The number of rotatable bonds is 4. The summed E-state index contributed by atoms with van der Waals surface area (Å²) in [6.07, 6.45) is 2.20. The monoisotopic (exact) mass is 320 g/mol. The van der Waals surface area contributed by atoms with Crippen LogP contribution in [0.2, 0.25) is 0 Å². The van der Waals surface area contributed by atoms with Gasteiger partial charge in [0.15, 0.2) is 0 Å². The molecule has 0 aromatic carbocycles. The summed E-state index contributed by atoms with van der Waals surface area (Å²) in [5, 5.41) is 9.17. The third kappa shape index (κ3) is 2.95. The van der Waals surface area contributed by atoms with Gasteiger partial charge in [-0.2, -0.15) is 0 Å². The predicted octanol–water partition coefficient (Wildman–Crippen LogP) is 0.950. The van der Waals surface area contributed by atoms with Gasteiger partial charge in [0.1, 0.15) is 5.76 Å². The van der Waals surface area contributed by atoms with Crippen molar-refractivity contribution in [2.45, 2.75) is 32.4 Å². The molecule has 0 aliphatic carbocycles. The Balaban J connectivity index is 1.63. The highest BCUT2D eigenvalue weighted by molar-refractivity contribution is 5.90. The maximum Gasteiger partial charge on any atom is 0.308 e. The van der Waals surface area contributed by atoms with E-state index in [1.165, 1.54) is 0 Å². The first-order valence-electron chi connectivity index (χ1n) is 7.81. The van der Waals surface area contributed by atoms with Gasteiger partial charge < -0.3 is 19.3 Å². The van der Waals surface area contributed by atoms with Crippen LogP contribution >= 0.6 is 0 Å². The minimum atomic E-state index is -0.866. The van der Waals surface area contributed by atoms with Crippen LogP contribution in [0.3, 0.4) is 0 Å². The lowest BCUT2D eigenvalue weighted by atomic mass is 10.0. The molecule has 2 fully saturated rings. The van der Waals surface area contributed by atoms with E-state index in [1.807, 2.05) is 0 Å². The topological polar surface area (TPSA) is 91.1 Å². The number of amides is 2. The molecule has 2 aliphatic rings. The van der Waals surface area contributed by atoms with Crippen molar-refractivity contribution in [2.75, 3.05) is 13.1 Å². The first-order valence-corrected chi connectivity index (χ1v) is 7.81. The number of carbonyl (C=O) groups is 3. The Bertz CT molecular complexity index is 612. The summed E-state index contributed by atoms with van der Waals surface area (Å²) in [5.74, 6) is -1.28. The molecule has 2 amide bonds. The largest absolute Gasteiger partial charge is 0.481 e. The molecule has 1 aromatic rings. The Morgan fingerprint density at radius 2 is 2.22 bits per heavy atom. The number of aliphatic carboxylic acids is 1. The van der Waals surface area contributed by atoms with E-state index < -0.39 is 17.8 Å². The average Bonchev–Trinajstić information content (AvgIpc) is 3.20. The molecule has 1 N–H and O–H groups in total. The fraction of sp³-hybridized carbons (Fsp3) is 0.562. The van der Waals surface area contributed by atoms with E-state index in [0.29, 0.717) is 31.8 Å². The number of nitrogens with zero attached hydrogens (tertiary/aromatic N) is 2. The summed E-state index contributed by atoms with van der Waals surface area (Å²) < 4.78 is 5.24. The number of carboxylic acids is 1. The van der Waals surface area contributed by atoms with E-state index in [1.54, 1.807) is 35.1 Å². The summed E-state index contributed by atoms with van der Waals surface area (Å²) in [5.41, 5.74) is 0. The number of hydrogen-bond donors (Lipinski definition) is 1. The molecule has 0 radical (unpaired) electrons. The number of carboxylic acid groups (broad SMARTS) is 1. The highest BCUT2D eigenvalue weighted by Crippen LogP contribution is 2.29. The molecule has 3 heterocycles. The Morgan fingerprint density at radius 1 is 1.43 bits per heavy atom. The Kier molecular flexibility index (Phi) is 4.11. The molecular formula is C16H20N2O5. The minimum Gasteiger partial charge on any atom is -0.481 e. The van der Waals surface area contributed by atoms with Crippen molar-refractivity contribution in [1.82, 2.24) is 9.80 Å². The second-order valence-electron chi connectivity index (χ2n) is 6.26. The zero-order valence-electron chi connectivity index (χ0n) is 13.0. The third-order valence-electron chi connectivity index (χ3n) is 4.85. The van der Waals surface area contributed by atoms with E-state index in [9.17, 15) is 14.4 Å². The Labute approximate surface area is 133 Å². The van der Waals surface area contributed by atoms with Crippen molar-refractivity contribution in [3.05, 3.63) is 24.2 Å². The lowest BCUT2D eigenvalue weighted by molar-refractivity contribution is -0.143. The second-order valence-corrected chi connectivity index (χ2v) is 6.26. The molecule has 3 unspecified atom stereocenters. The fourth-order valence-corrected chi connectivity index (χ4v) is 3.50. The highest BCUT2D eigenvalue weighted by atomic mass is 16.4. The number of carbonyl (C=O) groups excluding carboxylic acids is 2. The molecule has 0 saturated carbocycles. The Morgan fingerprint density at radius 3 is 2.83 bits per heavy atom. The van der Waals surface area contributed by atoms with Gasteiger partial charge in [-0.3, -0.25) is 14.4 Å². The smallest absolute Gasteiger partial charge is 0.308 e. The third-order valence-corrected chi connectivity index (χ3v) is 4.85. The van der Waals surface area contributed by atoms with Crippen molar-refractivity contribution in [3.8, 4) is 0 Å². The van der Waals surface area contributed by atoms with Gasteiger partial charge >= 0.3 is 5.97 Å². The SMILES string of the molecule is CC1C(C(=O)O)CCN1C(=O)C1CC(=O)N(Cc2ccco2)C1. The quantitative estimate of drug-likeness (QED) is 0.892. The summed E-state index contributed by atoms with van der Waals surface area (Å²) in [6.45, 7) is 2.93. The molecule has 0 spiro atoms. The summed E-state index contributed by atoms with van der Waals surface area (Å²) >= 11 is 0. The lowest BCUT2D eigenvalue weighted by Gasteiger charge is -2.26. The van der Waals surface area contributed by atoms with Crippen LogP contribution in [0, 0.1) is 11.8 Å². The average molecular weight is 320 g/mol. The molecule has 7 nitrogen and oxygen atoms in total. The molecule has 2 aliphatic heterocycles. The standard InChI is InChI=1S/C16H20N2O5/c1-10-13(16(21)22)4-5-18(10)15(20)11-7-14(19)17(8-11)9-12-3-2-6-23-12/h2-3,6,10-11,13H,4-5,7-9H2,1H3,(H,21,22). The lowest BCUT2D eigenvalue weighted by Crippen LogP contribution is -2.41. The van der Waals surface area contributed by atoms with Crippen molar-refractivity contribution in [3.63, 3.8) is 0 Å². The van der Waals surface area contributed by atoms with Gasteiger partial charge in [0, 0.05) is 25.6 Å².